The second-order valence-electron chi connectivity index (χ2n) is 0.224. The summed E-state index contributed by atoms with van der Waals surface area (Å²) in [5.41, 5.74) is 0. The smallest absolute Gasteiger partial charge is 0.181 e. The van der Waals surface area contributed by atoms with Crippen molar-refractivity contribution in [3.05, 3.63) is 0 Å². The van der Waals surface area contributed by atoms with Gasteiger partial charge in [0.2, 0.25) is 0 Å². The van der Waals surface area contributed by atoms with Crippen LogP contribution in [0.1, 0.15) is 0 Å². The number of rotatable bonds is 0. The molecule has 0 aromatic carbocycles. The van der Waals surface area contributed by atoms with E-state index in [0.717, 1.165) is 0 Å². The van der Waals surface area contributed by atoms with Gasteiger partial charge in [0.05, 0.1) is 0 Å². The summed E-state index contributed by atoms with van der Waals surface area (Å²) < 4.78 is 0. The average molecular weight is 98.1 g/mol. The second kappa shape index (κ2) is 27.9. The maximum atomic E-state index is 7.26. The average Bonchev–Trinajstić information content (AvgIpc) is 1.37. The van der Waals surface area contributed by atoms with Crippen LogP contribution in [0, 0.1) is 22.7 Å². The molecule has 29 valence electrons. The molecule has 0 aromatic rings. The Kier molecular flexibility index (Phi) is 86.3. The zero-order valence-electron chi connectivity index (χ0n) is 2.75. The predicted molar refractivity (Wildman–Crippen MR) is 21.0 cm³/mol. The SMILES string of the molecule is N#CC#N.[N].[S]. The van der Waals surface area contributed by atoms with Crippen molar-refractivity contribution in [2.75, 3.05) is 0 Å². The molecule has 0 spiro atoms. The third kappa shape index (κ3) is 205. The van der Waals surface area contributed by atoms with Gasteiger partial charge in [0.15, 0.2) is 12.1 Å². The van der Waals surface area contributed by atoms with Crippen molar-refractivity contribution in [2.45, 2.75) is 0 Å². The van der Waals surface area contributed by atoms with Crippen LogP contribution in [0.3, 0.4) is 0 Å². The molecule has 0 N–H and O–H groups in total. The zero-order chi connectivity index (χ0) is 3.41. The van der Waals surface area contributed by atoms with Crippen molar-refractivity contribution in [3.8, 4) is 12.1 Å². The van der Waals surface area contributed by atoms with Crippen LogP contribution in [-0.4, -0.2) is 0 Å². The van der Waals surface area contributed by atoms with Gasteiger partial charge in [0, 0.05) is 19.6 Å². The molecule has 0 saturated carbocycles. The topological polar surface area (TPSA) is 78.1 Å². The molecule has 6 heavy (non-hydrogen) atoms. The van der Waals surface area contributed by atoms with Crippen LogP contribution in [0.25, 0.3) is 0 Å². The molecule has 5 radical (unpaired) electrons. The Bertz CT molecular complexity index is 63.8. The molecule has 0 aromatic heterocycles. The fourth-order valence-electron chi connectivity index (χ4n) is 0. The summed E-state index contributed by atoms with van der Waals surface area (Å²) in [6.07, 6.45) is 0. The lowest BCUT2D eigenvalue weighted by molar-refractivity contribution is 1.49. The summed E-state index contributed by atoms with van der Waals surface area (Å²) >= 11 is 0. The third-order valence-electron chi connectivity index (χ3n) is 0.0500. The van der Waals surface area contributed by atoms with Crippen LogP contribution >= 0.6 is 13.5 Å². The highest BCUT2D eigenvalue weighted by Gasteiger charge is 1.39. The van der Waals surface area contributed by atoms with Crippen LogP contribution in [-0.2, 0) is 0 Å². The maximum absolute atomic E-state index is 7.26. The Hall–Kier alpha value is -0.710. The van der Waals surface area contributed by atoms with Gasteiger partial charge in [-0.1, -0.05) is 0 Å². The Morgan fingerprint density at radius 3 is 1.17 bits per heavy atom. The minimum Gasteiger partial charge on any atom is -0.181 e. The first-order chi connectivity index (χ1) is 1.91. The predicted octanol–water partition coefficient (Wildman–Crippen LogP) is 0.201. The molecule has 0 fully saturated rings. The van der Waals surface area contributed by atoms with Crippen molar-refractivity contribution in [2.24, 2.45) is 0 Å². The lowest BCUT2D eigenvalue weighted by Crippen LogP contribution is -1.26. The summed E-state index contributed by atoms with van der Waals surface area (Å²) in [6.45, 7) is 0. The van der Waals surface area contributed by atoms with E-state index in [1.807, 2.05) is 0 Å². The van der Waals surface area contributed by atoms with E-state index in [9.17, 15) is 0 Å². The third-order valence-corrected chi connectivity index (χ3v) is 0.0500. The maximum Gasteiger partial charge on any atom is 0.181 e. The van der Waals surface area contributed by atoms with Crippen molar-refractivity contribution < 1.29 is 0 Å². The molecule has 0 aliphatic heterocycles. The zero-order valence-corrected chi connectivity index (χ0v) is 3.57. The van der Waals surface area contributed by atoms with E-state index in [1.54, 1.807) is 0 Å². The van der Waals surface area contributed by atoms with Gasteiger partial charge in [-0.05, 0) is 0 Å². The molecule has 0 saturated heterocycles. The molecular weight excluding hydrogens is 98.1 g/mol. The van der Waals surface area contributed by atoms with Crippen LogP contribution in [0.5, 0.6) is 0 Å². The Morgan fingerprint density at radius 2 is 1.17 bits per heavy atom. The normalized spacial score (nSPS) is 1.67. The standard InChI is InChI=1S/C2N2.N.S/c3-1-2-4;;. The highest BCUT2D eigenvalue weighted by Crippen LogP contribution is 1.27. The lowest BCUT2D eigenvalue weighted by Gasteiger charge is -1.16. The molecule has 0 aliphatic rings. The summed E-state index contributed by atoms with van der Waals surface area (Å²) in [5.74, 6) is 0. The van der Waals surface area contributed by atoms with Gasteiger partial charge in [0.1, 0.15) is 0 Å². The molecule has 0 aliphatic carbocycles. The largest absolute Gasteiger partial charge is 0.181 e. The first-order valence-corrected chi connectivity index (χ1v) is 0.697. The van der Waals surface area contributed by atoms with Gasteiger partial charge in [-0.15, -0.1) is 0 Å². The summed E-state index contributed by atoms with van der Waals surface area (Å²) in [4.78, 5) is 0. The molecule has 0 atom stereocenters. The fraction of sp³-hybridized carbons (Fsp3) is 0. The Morgan fingerprint density at radius 1 is 1.00 bits per heavy atom. The molecular formula is C2N3S. The monoisotopic (exact) mass is 98.0 g/mol. The minimum absolute atomic E-state index is 0. The first kappa shape index (κ1) is 18.6. The van der Waals surface area contributed by atoms with E-state index in [1.165, 1.54) is 12.1 Å². The molecule has 3 nitrogen and oxygen atoms in total. The molecule has 0 bridgehead atoms. The van der Waals surface area contributed by atoms with Crippen LogP contribution in [0.2, 0.25) is 0 Å². The van der Waals surface area contributed by atoms with Gasteiger partial charge < -0.3 is 0 Å². The quantitative estimate of drug-likeness (QED) is 0.433. The van der Waals surface area contributed by atoms with Crippen molar-refractivity contribution in [3.63, 3.8) is 0 Å². The second-order valence-corrected chi connectivity index (χ2v) is 0.224. The molecule has 0 unspecified atom stereocenters. The number of nitrogens with zero attached hydrogens (tertiary/aromatic N) is 3. The molecule has 0 heterocycles. The van der Waals surface area contributed by atoms with E-state index in [4.69, 9.17) is 10.5 Å². The Labute approximate surface area is 43.2 Å². The summed E-state index contributed by atoms with van der Waals surface area (Å²) in [6, 6.07) is 2.47. The van der Waals surface area contributed by atoms with E-state index in [-0.39, 0.29) is 19.6 Å². The minimum atomic E-state index is 0. The first-order valence-electron chi connectivity index (χ1n) is 0.697. The van der Waals surface area contributed by atoms with Gasteiger partial charge in [-0.3, -0.25) is 0 Å². The van der Waals surface area contributed by atoms with Gasteiger partial charge >= 0.3 is 0 Å². The highest BCUT2D eigenvalue weighted by atomic mass is 32.1. The van der Waals surface area contributed by atoms with Gasteiger partial charge in [-0.25, -0.2) is 0 Å². The Balaban J connectivity index is -0.0000000450. The van der Waals surface area contributed by atoms with Gasteiger partial charge in [0.25, 0.3) is 0 Å². The molecule has 4 heteroatoms. The van der Waals surface area contributed by atoms with Crippen molar-refractivity contribution >= 4 is 13.5 Å². The van der Waals surface area contributed by atoms with E-state index in [0.29, 0.717) is 0 Å². The van der Waals surface area contributed by atoms with Crippen molar-refractivity contribution in [1.29, 1.82) is 10.5 Å². The summed E-state index contributed by atoms with van der Waals surface area (Å²) in [5, 5.41) is 14.5. The number of nitriles is 2. The summed E-state index contributed by atoms with van der Waals surface area (Å²) in [7, 11) is 0. The van der Waals surface area contributed by atoms with E-state index in [2.05, 4.69) is 0 Å². The lowest BCUT2D eigenvalue weighted by atomic mass is 10.9. The number of hydrogen-bond donors (Lipinski definition) is 0. The highest BCUT2D eigenvalue weighted by molar-refractivity contribution is 7.59. The molecule has 0 rings (SSSR count). The fourth-order valence-corrected chi connectivity index (χ4v) is 0. The van der Waals surface area contributed by atoms with E-state index < -0.39 is 0 Å². The van der Waals surface area contributed by atoms with Crippen LogP contribution in [0.15, 0.2) is 0 Å². The van der Waals surface area contributed by atoms with Crippen LogP contribution < -0.4 is 6.15 Å². The van der Waals surface area contributed by atoms with E-state index >= 15 is 0 Å². The molecule has 0 amide bonds. The van der Waals surface area contributed by atoms with Crippen molar-refractivity contribution in [1.82, 2.24) is 6.15 Å². The van der Waals surface area contributed by atoms with Crippen LogP contribution in [0.4, 0.5) is 0 Å². The number of hydrogen-bond acceptors (Lipinski definition) is 2. The van der Waals surface area contributed by atoms with Gasteiger partial charge in [-0.2, -0.15) is 10.5 Å².